The number of hydrogen-bond donors (Lipinski definition) is 0. The number of aliphatic carboxylic acids is 1. The molecule has 8 heteroatoms. The van der Waals surface area contributed by atoms with E-state index in [2.05, 4.69) is 0 Å². The van der Waals surface area contributed by atoms with Gasteiger partial charge in [-0.25, -0.2) is 0 Å². The highest BCUT2D eigenvalue weighted by atomic mass is 16.6. The van der Waals surface area contributed by atoms with E-state index in [1.54, 1.807) is 0 Å². The third kappa shape index (κ3) is 2.35. The fraction of sp³-hybridized carbons (Fsp3) is 0.250. The summed E-state index contributed by atoms with van der Waals surface area (Å²) in [5, 5.41) is 21.7. The van der Waals surface area contributed by atoms with Crippen LogP contribution in [-0.4, -0.2) is 27.6 Å². The van der Waals surface area contributed by atoms with Gasteiger partial charge in [-0.2, -0.15) is 0 Å². The fourth-order valence-electron chi connectivity index (χ4n) is 2.05. The Kier molecular flexibility index (Phi) is 3.47. The number of carboxylic acids is 1. The molecule has 0 bridgehead atoms. The van der Waals surface area contributed by atoms with Crippen molar-refractivity contribution in [2.45, 2.75) is 18.9 Å². The molecule has 0 N–H and O–H groups in total. The fourth-order valence-corrected chi connectivity index (χ4v) is 2.05. The molecule has 104 valence electrons. The van der Waals surface area contributed by atoms with E-state index in [1.165, 1.54) is 12.1 Å². The number of carboxylic acid groups (broad SMARTS) is 1. The van der Waals surface area contributed by atoms with Gasteiger partial charge in [0, 0.05) is 25.0 Å². The minimum atomic E-state index is -1.61. The van der Waals surface area contributed by atoms with Crippen LogP contribution in [0.4, 0.5) is 5.69 Å². The van der Waals surface area contributed by atoms with Crippen LogP contribution in [0.1, 0.15) is 24.4 Å². The van der Waals surface area contributed by atoms with Crippen molar-refractivity contribution in [3.8, 4) is 0 Å². The standard InChI is InChI=1S/C12H10N2O6/c15-9-5-6-10(16)13(9)11(12(17)18)7-1-3-8(4-2-7)14(19)20/h1-4,11H,5-6H2,(H,17,18)/p-1. The summed E-state index contributed by atoms with van der Waals surface area (Å²) in [7, 11) is 0. The maximum absolute atomic E-state index is 11.6. The Morgan fingerprint density at radius 3 is 2.05 bits per heavy atom. The highest BCUT2D eigenvalue weighted by Gasteiger charge is 2.36. The van der Waals surface area contributed by atoms with Crippen molar-refractivity contribution in [1.82, 2.24) is 4.90 Å². The number of nitro groups is 1. The molecule has 1 aromatic rings. The van der Waals surface area contributed by atoms with E-state index in [1.807, 2.05) is 0 Å². The minimum Gasteiger partial charge on any atom is -0.547 e. The van der Waals surface area contributed by atoms with Crippen molar-refractivity contribution in [1.29, 1.82) is 0 Å². The predicted octanol–water partition coefficient (Wildman–Crippen LogP) is -0.465. The quantitative estimate of drug-likeness (QED) is 0.417. The number of benzene rings is 1. The van der Waals surface area contributed by atoms with Gasteiger partial charge in [-0.3, -0.25) is 24.6 Å². The first kappa shape index (κ1) is 13.7. The Labute approximate surface area is 112 Å². The van der Waals surface area contributed by atoms with Gasteiger partial charge in [0.2, 0.25) is 11.8 Å². The second-order valence-corrected chi connectivity index (χ2v) is 4.23. The lowest BCUT2D eigenvalue weighted by Crippen LogP contribution is -2.44. The van der Waals surface area contributed by atoms with E-state index < -0.39 is 28.7 Å². The van der Waals surface area contributed by atoms with E-state index >= 15 is 0 Å². The third-order valence-electron chi connectivity index (χ3n) is 2.99. The Bertz CT molecular complexity index is 578. The van der Waals surface area contributed by atoms with Gasteiger partial charge in [0.25, 0.3) is 5.69 Å². The monoisotopic (exact) mass is 277 g/mol. The average molecular weight is 277 g/mol. The largest absolute Gasteiger partial charge is 0.547 e. The van der Waals surface area contributed by atoms with Crippen molar-refractivity contribution < 1.29 is 24.4 Å². The zero-order valence-electron chi connectivity index (χ0n) is 10.1. The molecule has 8 nitrogen and oxygen atoms in total. The lowest BCUT2D eigenvalue weighted by atomic mass is 10.1. The van der Waals surface area contributed by atoms with Crippen LogP contribution in [0.3, 0.4) is 0 Å². The van der Waals surface area contributed by atoms with Gasteiger partial charge in [-0.15, -0.1) is 0 Å². The van der Waals surface area contributed by atoms with Crippen LogP contribution in [-0.2, 0) is 14.4 Å². The molecule has 1 aliphatic rings. The van der Waals surface area contributed by atoms with Crippen molar-refractivity contribution in [3.05, 3.63) is 39.9 Å². The number of hydrogen-bond acceptors (Lipinski definition) is 6. The molecule has 1 fully saturated rings. The molecular formula is C12H9N2O6-. The SMILES string of the molecule is O=C([O-])C(c1ccc([N+](=O)[O-])cc1)N1C(=O)CCC1=O. The predicted molar refractivity (Wildman–Crippen MR) is 61.9 cm³/mol. The van der Waals surface area contributed by atoms with Crippen LogP contribution < -0.4 is 5.11 Å². The highest BCUT2D eigenvalue weighted by Crippen LogP contribution is 2.27. The molecule has 1 atom stereocenters. The van der Waals surface area contributed by atoms with Crippen molar-refractivity contribution in [2.75, 3.05) is 0 Å². The average Bonchev–Trinajstić information content (AvgIpc) is 2.71. The van der Waals surface area contributed by atoms with Crippen LogP contribution in [0.25, 0.3) is 0 Å². The first-order valence-electron chi connectivity index (χ1n) is 5.72. The van der Waals surface area contributed by atoms with Gasteiger partial charge in [-0.05, 0) is 17.7 Å². The molecule has 20 heavy (non-hydrogen) atoms. The molecule has 0 spiro atoms. The van der Waals surface area contributed by atoms with Crippen LogP contribution in [0.5, 0.6) is 0 Å². The lowest BCUT2D eigenvalue weighted by Gasteiger charge is -2.27. The molecule has 0 saturated carbocycles. The Morgan fingerprint density at radius 1 is 1.15 bits per heavy atom. The Morgan fingerprint density at radius 2 is 1.65 bits per heavy atom. The second-order valence-electron chi connectivity index (χ2n) is 4.23. The summed E-state index contributed by atoms with van der Waals surface area (Å²) < 4.78 is 0. The normalized spacial score (nSPS) is 16.3. The molecule has 1 aromatic carbocycles. The van der Waals surface area contributed by atoms with E-state index in [-0.39, 0.29) is 24.1 Å². The molecular weight excluding hydrogens is 268 g/mol. The molecule has 0 radical (unpaired) electrons. The maximum Gasteiger partial charge on any atom is 0.269 e. The number of non-ortho nitro benzene ring substituents is 1. The zero-order valence-corrected chi connectivity index (χ0v) is 10.1. The smallest absolute Gasteiger partial charge is 0.269 e. The number of carbonyl (C=O) groups is 3. The molecule has 0 aliphatic carbocycles. The van der Waals surface area contributed by atoms with E-state index in [9.17, 15) is 29.6 Å². The number of nitro benzene ring substituents is 1. The minimum absolute atomic E-state index is 0.0460. The van der Waals surface area contributed by atoms with Crippen molar-refractivity contribution in [2.24, 2.45) is 0 Å². The number of carbonyl (C=O) groups excluding carboxylic acids is 3. The van der Waals surface area contributed by atoms with Crippen molar-refractivity contribution >= 4 is 23.5 Å². The van der Waals surface area contributed by atoms with Crippen LogP contribution in [0.15, 0.2) is 24.3 Å². The van der Waals surface area contributed by atoms with Crippen LogP contribution >= 0.6 is 0 Å². The van der Waals surface area contributed by atoms with Gasteiger partial charge in [-0.1, -0.05) is 0 Å². The van der Waals surface area contributed by atoms with E-state index in [0.717, 1.165) is 12.1 Å². The summed E-state index contributed by atoms with van der Waals surface area (Å²) in [5.74, 6) is -2.80. The van der Waals surface area contributed by atoms with Gasteiger partial charge in [0.05, 0.1) is 10.9 Å². The molecule has 1 unspecified atom stereocenters. The summed E-state index contributed by atoms with van der Waals surface area (Å²) >= 11 is 0. The number of amides is 2. The highest BCUT2D eigenvalue weighted by molar-refractivity contribution is 6.04. The summed E-state index contributed by atoms with van der Waals surface area (Å²) in [4.78, 5) is 44.9. The van der Waals surface area contributed by atoms with Crippen LogP contribution in [0.2, 0.25) is 0 Å². The Balaban J connectivity index is 2.38. The van der Waals surface area contributed by atoms with Crippen LogP contribution in [0, 0.1) is 10.1 Å². The first-order chi connectivity index (χ1) is 9.41. The molecule has 1 aliphatic heterocycles. The maximum atomic E-state index is 11.6. The van der Waals surface area contributed by atoms with Gasteiger partial charge in [0.1, 0.15) is 6.04 Å². The van der Waals surface area contributed by atoms with E-state index in [4.69, 9.17) is 0 Å². The summed E-state index contributed by atoms with van der Waals surface area (Å²) in [6.07, 6.45) is -0.0921. The van der Waals surface area contributed by atoms with Crippen molar-refractivity contribution in [3.63, 3.8) is 0 Å². The molecule has 2 rings (SSSR count). The number of rotatable bonds is 4. The first-order valence-corrected chi connectivity index (χ1v) is 5.72. The number of imide groups is 1. The second kappa shape index (κ2) is 5.08. The summed E-state index contributed by atoms with van der Waals surface area (Å²) in [5.41, 5.74) is -0.135. The molecule has 0 aromatic heterocycles. The molecule has 1 heterocycles. The Hall–Kier alpha value is -2.77. The number of nitrogens with zero attached hydrogens (tertiary/aromatic N) is 2. The van der Waals surface area contributed by atoms with Gasteiger partial charge >= 0.3 is 0 Å². The van der Waals surface area contributed by atoms with Gasteiger partial charge < -0.3 is 9.90 Å². The molecule has 2 amide bonds. The summed E-state index contributed by atoms with van der Waals surface area (Å²) in [6, 6.07) is 3.04. The lowest BCUT2D eigenvalue weighted by molar-refractivity contribution is -0.384. The summed E-state index contributed by atoms with van der Waals surface area (Å²) in [6.45, 7) is 0. The molecule has 1 saturated heterocycles. The zero-order chi connectivity index (χ0) is 14.9. The number of likely N-dealkylation sites (tertiary alicyclic amines) is 1. The third-order valence-corrected chi connectivity index (χ3v) is 2.99. The topological polar surface area (TPSA) is 121 Å². The van der Waals surface area contributed by atoms with E-state index in [0.29, 0.717) is 4.90 Å². The van der Waals surface area contributed by atoms with Gasteiger partial charge in [0.15, 0.2) is 0 Å².